The average molecular weight is 290 g/mol. The number of aromatic nitrogens is 3. The number of carboxylic acids is 1. The number of hydrogen-bond acceptors (Lipinski definition) is 5. The number of pyridine rings is 1. The zero-order valence-corrected chi connectivity index (χ0v) is 12.1. The van der Waals surface area contributed by atoms with Crippen molar-refractivity contribution in [1.29, 1.82) is 0 Å². The lowest BCUT2D eigenvalue weighted by Crippen LogP contribution is -2.26. The van der Waals surface area contributed by atoms with E-state index in [1.165, 1.54) is 19.0 Å². The second-order valence-electron chi connectivity index (χ2n) is 5.37. The summed E-state index contributed by atoms with van der Waals surface area (Å²) >= 11 is 0. The zero-order chi connectivity index (χ0) is 15.0. The van der Waals surface area contributed by atoms with Crippen molar-refractivity contribution in [1.82, 2.24) is 19.7 Å². The molecule has 0 atom stereocenters. The fourth-order valence-corrected chi connectivity index (χ4v) is 2.37. The second-order valence-corrected chi connectivity index (χ2v) is 5.37. The number of fused-ring (bicyclic) bond motifs is 1. The minimum absolute atomic E-state index is 0.0737. The van der Waals surface area contributed by atoms with Crippen LogP contribution in [0.3, 0.4) is 0 Å². The molecule has 3 rings (SSSR count). The van der Waals surface area contributed by atoms with Crippen molar-refractivity contribution < 1.29 is 14.6 Å². The van der Waals surface area contributed by atoms with Gasteiger partial charge in [0.15, 0.2) is 5.65 Å². The van der Waals surface area contributed by atoms with Crippen LogP contribution >= 0.6 is 0 Å². The molecule has 1 aliphatic carbocycles. The van der Waals surface area contributed by atoms with E-state index in [1.54, 1.807) is 17.9 Å². The molecule has 21 heavy (non-hydrogen) atoms. The minimum Gasteiger partial charge on any atom is -0.490 e. The van der Waals surface area contributed by atoms with Crippen LogP contribution in [0.1, 0.15) is 23.2 Å². The SMILES string of the molecule is CN(CCOc1c(C(=O)O)cnc2c1cnn2C)C1CC1. The van der Waals surface area contributed by atoms with Gasteiger partial charge in [0.2, 0.25) is 0 Å². The van der Waals surface area contributed by atoms with E-state index >= 15 is 0 Å². The highest BCUT2D eigenvalue weighted by atomic mass is 16.5. The van der Waals surface area contributed by atoms with Gasteiger partial charge in [0.25, 0.3) is 0 Å². The van der Waals surface area contributed by atoms with Crippen molar-refractivity contribution in [3.8, 4) is 5.75 Å². The van der Waals surface area contributed by atoms with E-state index in [9.17, 15) is 9.90 Å². The monoisotopic (exact) mass is 290 g/mol. The summed E-state index contributed by atoms with van der Waals surface area (Å²) in [6.07, 6.45) is 5.39. The van der Waals surface area contributed by atoms with Gasteiger partial charge in [-0.05, 0) is 19.9 Å². The zero-order valence-electron chi connectivity index (χ0n) is 12.1. The summed E-state index contributed by atoms with van der Waals surface area (Å²) in [7, 11) is 3.83. The summed E-state index contributed by atoms with van der Waals surface area (Å²) in [6, 6.07) is 0.656. The number of likely N-dealkylation sites (N-methyl/N-ethyl adjacent to an activating group) is 1. The van der Waals surface area contributed by atoms with E-state index in [1.807, 2.05) is 0 Å². The maximum absolute atomic E-state index is 11.3. The molecule has 112 valence electrons. The lowest BCUT2D eigenvalue weighted by atomic mass is 10.2. The number of aromatic carboxylic acids is 1. The quantitative estimate of drug-likeness (QED) is 0.859. The molecule has 0 unspecified atom stereocenters. The maximum Gasteiger partial charge on any atom is 0.341 e. The van der Waals surface area contributed by atoms with Crippen molar-refractivity contribution >= 4 is 17.0 Å². The number of hydrogen-bond donors (Lipinski definition) is 1. The van der Waals surface area contributed by atoms with Crippen LogP contribution in [0.4, 0.5) is 0 Å². The van der Waals surface area contributed by atoms with Crippen LogP contribution in [0.25, 0.3) is 11.0 Å². The third-order valence-electron chi connectivity index (χ3n) is 3.80. The molecule has 1 aliphatic rings. The highest BCUT2D eigenvalue weighted by Crippen LogP contribution is 2.29. The van der Waals surface area contributed by atoms with Crippen LogP contribution in [0.5, 0.6) is 5.75 Å². The molecule has 0 bridgehead atoms. The smallest absolute Gasteiger partial charge is 0.341 e. The lowest BCUT2D eigenvalue weighted by Gasteiger charge is -2.16. The molecule has 1 saturated carbocycles. The van der Waals surface area contributed by atoms with Crippen molar-refractivity contribution in [2.24, 2.45) is 7.05 Å². The molecule has 0 aromatic carbocycles. The third kappa shape index (κ3) is 2.69. The maximum atomic E-state index is 11.3. The Kier molecular flexibility index (Phi) is 3.50. The first-order chi connectivity index (χ1) is 10.1. The topological polar surface area (TPSA) is 80.5 Å². The average Bonchev–Trinajstić information content (AvgIpc) is 3.23. The van der Waals surface area contributed by atoms with Gasteiger partial charge in [0.05, 0.1) is 11.6 Å². The van der Waals surface area contributed by atoms with Crippen molar-refractivity contribution in [2.45, 2.75) is 18.9 Å². The summed E-state index contributed by atoms with van der Waals surface area (Å²) in [5, 5.41) is 14.0. The van der Waals surface area contributed by atoms with Crippen LogP contribution < -0.4 is 4.74 Å². The summed E-state index contributed by atoms with van der Waals surface area (Å²) in [5.74, 6) is -0.691. The van der Waals surface area contributed by atoms with Gasteiger partial charge in [-0.15, -0.1) is 0 Å². The van der Waals surface area contributed by atoms with Crippen LogP contribution in [-0.2, 0) is 7.05 Å². The second kappa shape index (κ2) is 5.33. The van der Waals surface area contributed by atoms with E-state index in [0.717, 1.165) is 6.54 Å². The minimum atomic E-state index is -1.04. The predicted octanol–water partition coefficient (Wildman–Crippen LogP) is 1.14. The van der Waals surface area contributed by atoms with E-state index in [0.29, 0.717) is 29.4 Å². The molecule has 0 saturated heterocycles. The molecular formula is C14H18N4O3. The first-order valence-corrected chi connectivity index (χ1v) is 6.95. The molecule has 7 nitrogen and oxygen atoms in total. The summed E-state index contributed by atoms with van der Waals surface area (Å²) in [6.45, 7) is 1.22. The van der Waals surface area contributed by atoms with Gasteiger partial charge in [0.1, 0.15) is 17.9 Å². The van der Waals surface area contributed by atoms with Crippen molar-refractivity contribution in [2.75, 3.05) is 20.2 Å². The van der Waals surface area contributed by atoms with Gasteiger partial charge in [0, 0.05) is 25.8 Å². The van der Waals surface area contributed by atoms with Crippen molar-refractivity contribution in [3.63, 3.8) is 0 Å². The Labute approximate surface area is 122 Å². The fraction of sp³-hybridized carbons (Fsp3) is 0.500. The Balaban J connectivity index is 1.83. The number of carboxylic acid groups (broad SMARTS) is 1. The molecule has 0 spiro atoms. The molecule has 0 amide bonds. The van der Waals surface area contributed by atoms with Gasteiger partial charge in [-0.3, -0.25) is 4.68 Å². The van der Waals surface area contributed by atoms with Gasteiger partial charge < -0.3 is 14.7 Å². The Bertz CT molecular complexity index is 678. The number of nitrogens with zero attached hydrogens (tertiary/aromatic N) is 4. The molecule has 2 aromatic heterocycles. The Hall–Kier alpha value is -2.15. The Morgan fingerprint density at radius 2 is 2.29 bits per heavy atom. The molecular weight excluding hydrogens is 272 g/mol. The molecule has 1 N–H and O–H groups in total. The van der Waals surface area contributed by atoms with Crippen LogP contribution in [-0.4, -0.2) is 57.0 Å². The van der Waals surface area contributed by atoms with Crippen LogP contribution in [0.2, 0.25) is 0 Å². The van der Waals surface area contributed by atoms with E-state index in [2.05, 4.69) is 22.0 Å². The number of carbonyl (C=O) groups is 1. The van der Waals surface area contributed by atoms with E-state index < -0.39 is 5.97 Å². The fourth-order valence-electron chi connectivity index (χ4n) is 2.37. The Morgan fingerprint density at radius 3 is 2.95 bits per heavy atom. The molecule has 2 heterocycles. The van der Waals surface area contributed by atoms with Gasteiger partial charge in [-0.1, -0.05) is 0 Å². The predicted molar refractivity (Wildman–Crippen MR) is 76.6 cm³/mol. The van der Waals surface area contributed by atoms with E-state index in [-0.39, 0.29) is 5.56 Å². The van der Waals surface area contributed by atoms with Crippen LogP contribution in [0.15, 0.2) is 12.4 Å². The molecule has 7 heteroatoms. The molecule has 0 radical (unpaired) electrons. The van der Waals surface area contributed by atoms with Gasteiger partial charge >= 0.3 is 5.97 Å². The van der Waals surface area contributed by atoms with Crippen molar-refractivity contribution in [3.05, 3.63) is 18.0 Å². The number of ether oxygens (including phenoxy) is 1. The van der Waals surface area contributed by atoms with Crippen LogP contribution in [0, 0.1) is 0 Å². The number of rotatable bonds is 6. The molecule has 1 fully saturated rings. The Morgan fingerprint density at radius 1 is 1.52 bits per heavy atom. The normalized spacial score (nSPS) is 14.8. The first-order valence-electron chi connectivity index (χ1n) is 6.95. The summed E-state index contributed by atoms with van der Waals surface area (Å²) in [4.78, 5) is 17.7. The highest BCUT2D eigenvalue weighted by Gasteiger charge is 2.26. The standard InChI is InChI=1S/C14H18N4O3/c1-17(9-3-4-9)5-6-21-12-10-8-16-18(2)13(10)15-7-11(12)14(19)20/h7-9H,3-6H2,1-2H3,(H,19,20). The van der Waals surface area contributed by atoms with E-state index in [4.69, 9.17) is 4.74 Å². The van der Waals surface area contributed by atoms with Gasteiger partial charge in [-0.2, -0.15) is 5.10 Å². The van der Waals surface area contributed by atoms with Gasteiger partial charge in [-0.25, -0.2) is 9.78 Å². The lowest BCUT2D eigenvalue weighted by molar-refractivity contribution is 0.0691. The molecule has 0 aliphatic heterocycles. The number of aryl methyl sites for hydroxylation is 1. The molecule has 2 aromatic rings. The third-order valence-corrected chi connectivity index (χ3v) is 3.80. The first kappa shape index (κ1) is 13.8. The highest BCUT2D eigenvalue weighted by molar-refractivity contribution is 5.97. The summed E-state index contributed by atoms with van der Waals surface area (Å²) in [5.41, 5.74) is 0.690. The largest absolute Gasteiger partial charge is 0.490 e. The summed E-state index contributed by atoms with van der Waals surface area (Å²) < 4.78 is 7.36.